The Morgan fingerprint density at radius 1 is 0.550 bits per heavy atom. The van der Waals surface area contributed by atoms with Gasteiger partial charge in [0, 0.05) is 12.4 Å². The number of aromatic nitrogens is 2. The molecule has 0 fully saturated rings. The lowest BCUT2D eigenvalue weighted by Crippen LogP contribution is -2.36. The lowest BCUT2D eigenvalue weighted by Gasteiger charge is -2.26. The largest absolute Gasteiger partial charge is 0.288 e. The third kappa shape index (κ3) is 6.20. The first-order chi connectivity index (χ1) is 19.5. The SMILES string of the molecule is O=C(c1cc(Cl)c(Cl)cc1C(=O)N(Cc1ccccc1)c1ccccn1)N(Cc1ccccc1)c1ccccn1. The molecule has 40 heavy (non-hydrogen) atoms. The topological polar surface area (TPSA) is 66.4 Å². The highest BCUT2D eigenvalue weighted by atomic mass is 35.5. The Bertz CT molecular complexity index is 1480. The summed E-state index contributed by atoms with van der Waals surface area (Å²) in [6.45, 7) is 0.469. The van der Waals surface area contributed by atoms with Crippen LogP contribution in [0.25, 0.3) is 0 Å². The quantitative estimate of drug-likeness (QED) is 0.195. The monoisotopic (exact) mass is 566 g/mol. The van der Waals surface area contributed by atoms with Crippen LogP contribution in [0.3, 0.4) is 0 Å². The molecular weight excluding hydrogens is 543 g/mol. The van der Waals surface area contributed by atoms with Crippen molar-refractivity contribution in [1.82, 2.24) is 9.97 Å². The summed E-state index contributed by atoms with van der Waals surface area (Å²) in [5.41, 5.74) is 2.01. The van der Waals surface area contributed by atoms with E-state index in [1.165, 1.54) is 21.9 Å². The summed E-state index contributed by atoms with van der Waals surface area (Å²) in [6.07, 6.45) is 3.23. The Balaban J connectivity index is 1.60. The van der Waals surface area contributed by atoms with Crippen LogP contribution in [0, 0.1) is 0 Å². The van der Waals surface area contributed by atoms with E-state index in [0.29, 0.717) is 11.6 Å². The van der Waals surface area contributed by atoms with Crippen molar-refractivity contribution in [3.8, 4) is 0 Å². The van der Waals surface area contributed by atoms with Gasteiger partial charge in [-0.15, -0.1) is 0 Å². The van der Waals surface area contributed by atoms with Crippen molar-refractivity contribution in [1.29, 1.82) is 0 Å². The summed E-state index contributed by atoms with van der Waals surface area (Å²) in [5, 5.41) is 0.324. The van der Waals surface area contributed by atoms with Crippen molar-refractivity contribution in [2.45, 2.75) is 13.1 Å². The summed E-state index contributed by atoms with van der Waals surface area (Å²) >= 11 is 12.8. The number of hydrogen-bond acceptors (Lipinski definition) is 4. The molecule has 2 amide bonds. The van der Waals surface area contributed by atoms with Gasteiger partial charge in [0.1, 0.15) is 11.6 Å². The van der Waals surface area contributed by atoms with E-state index < -0.39 is 11.8 Å². The maximum Gasteiger partial charge on any atom is 0.260 e. The Labute approximate surface area is 242 Å². The van der Waals surface area contributed by atoms with Gasteiger partial charge in [-0.1, -0.05) is 96.0 Å². The summed E-state index contributed by atoms with van der Waals surface area (Å²) in [6, 6.07) is 32.7. The highest BCUT2D eigenvalue weighted by Crippen LogP contribution is 2.30. The van der Waals surface area contributed by atoms with Crippen molar-refractivity contribution in [3.05, 3.63) is 154 Å². The third-order valence-electron chi connectivity index (χ3n) is 6.23. The van der Waals surface area contributed by atoms with Gasteiger partial charge in [-0.2, -0.15) is 0 Å². The fourth-order valence-electron chi connectivity index (χ4n) is 4.26. The minimum Gasteiger partial charge on any atom is -0.288 e. The van der Waals surface area contributed by atoms with E-state index in [9.17, 15) is 9.59 Å². The first-order valence-corrected chi connectivity index (χ1v) is 13.3. The number of rotatable bonds is 8. The number of nitrogens with zero attached hydrogens (tertiary/aromatic N) is 4. The van der Waals surface area contributed by atoms with E-state index in [2.05, 4.69) is 9.97 Å². The molecule has 0 aliphatic carbocycles. The maximum atomic E-state index is 14.3. The van der Waals surface area contributed by atoms with Gasteiger partial charge in [0.05, 0.1) is 34.3 Å². The number of anilines is 2. The van der Waals surface area contributed by atoms with Crippen LogP contribution in [0.5, 0.6) is 0 Å². The standard InChI is InChI=1S/C32H24Cl2N4O2/c33-27-19-25(31(39)37(29-15-7-9-17-35-29)21-23-11-3-1-4-12-23)26(20-28(27)34)32(40)38(30-16-8-10-18-36-30)22-24-13-5-2-6-14-24/h1-20H,21-22H2. The predicted molar refractivity (Wildman–Crippen MR) is 159 cm³/mol. The minimum atomic E-state index is -0.440. The first kappa shape index (κ1) is 27.1. The zero-order chi connectivity index (χ0) is 27.9. The molecule has 0 saturated heterocycles. The second-order valence-electron chi connectivity index (χ2n) is 8.94. The number of hydrogen-bond donors (Lipinski definition) is 0. The molecule has 2 heterocycles. The van der Waals surface area contributed by atoms with Crippen LogP contribution in [0.4, 0.5) is 11.6 Å². The zero-order valence-electron chi connectivity index (χ0n) is 21.3. The maximum absolute atomic E-state index is 14.3. The van der Waals surface area contributed by atoms with Crippen LogP contribution in [-0.2, 0) is 13.1 Å². The van der Waals surface area contributed by atoms with E-state index in [-0.39, 0.29) is 34.3 Å². The average Bonchev–Trinajstić information content (AvgIpc) is 3.01. The molecule has 0 atom stereocenters. The number of halogens is 2. The van der Waals surface area contributed by atoms with Crippen LogP contribution >= 0.6 is 23.2 Å². The zero-order valence-corrected chi connectivity index (χ0v) is 22.8. The highest BCUT2D eigenvalue weighted by molar-refractivity contribution is 6.42. The summed E-state index contributed by atoms with van der Waals surface area (Å²) in [7, 11) is 0. The van der Waals surface area contributed by atoms with Gasteiger partial charge in [0.2, 0.25) is 0 Å². The molecule has 5 aromatic rings. The molecule has 8 heteroatoms. The molecular formula is C32H24Cl2N4O2. The molecule has 3 aromatic carbocycles. The van der Waals surface area contributed by atoms with Crippen molar-refractivity contribution < 1.29 is 9.59 Å². The van der Waals surface area contributed by atoms with Crippen LogP contribution < -0.4 is 9.80 Å². The van der Waals surface area contributed by atoms with Crippen LogP contribution in [0.2, 0.25) is 10.0 Å². The molecule has 5 rings (SSSR count). The van der Waals surface area contributed by atoms with E-state index in [1.54, 1.807) is 48.8 Å². The van der Waals surface area contributed by atoms with Crippen molar-refractivity contribution in [2.75, 3.05) is 9.80 Å². The second kappa shape index (κ2) is 12.6. The van der Waals surface area contributed by atoms with Crippen LogP contribution in [0.15, 0.2) is 122 Å². The highest BCUT2D eigenvalue weighted by Gasteiger charge is 2.29. The lowest BCUT2D eigenvalue weighted by atomic mass is 10.0. The minimum absolute atomic E-state index is 0.106. The fourth-order valence-corrected chi connectivity index (χ4v) is 4.59. The first-order valence-electron chi connectivity index (χ1n) is 12.5. The van der Waals surface area contributed by atoms with Gasteiger partial charge in [0.15, 0.2) is 0 Å². The molecule has 0 radical (unpaired) electrons. The smallest absolute Gasteiger partial charge is 0.260 e. The van der Waals surface area contributed by atoms with Gasteiger partial charge < -0.3 is 0 Å². The molecule has 0 unspecified atom stereocenters. The number of pyridine rings is 2. The summed E-state index contributed by atoms with van der Waals surface area (Å²) in [4.78, 5) is 40.4. The van der Waals surface area contributed by atoms with Gasteiger partial charge in [-0.3, -0.25) is 19.4 Å². The van der Waals surface area contributed by atoms with E-state index in [4.69, 9.17) is 23.2 Å². The van der Waals surface area contributed by atoms with Gasteiger partial charge >= 0.3 is 0 Å². The molecule has 0 spiro atoms. The number of benzene rings is 3. The molecule has 198 valence electrons. The van der Waals surface area contributed by atoms with Crippen molar-refractivity contribution in [3.63, 3.8) is 0 Å². The molecule has 0 saturated carbocycles. The lowest BCUT2D eigenvalue weighted by molar-refractivity contribution is 0.0951. The van der Waals surface area contributed by atoms with Crippen LogP contribution in [-0.4, -0.2) is 21.8 Å². The Morgan fingerprint density at radius 3 is 1.27 bits per heavy atom. The molecule has 0 N–H and O–H groups in total. The van der Waals surface area contributed by atoms with E-state index in [0.717, 1.165) is 11.1 Å². The molecule has 0 aliphatic rings. The van der Waals surface area contributed by atoms with Crippen LogP contribution in [0.1, 0.15) is 31.8 Å². The summed E-state index contributed by atoms with van der Waals surface area (Å²) < 4.78 is 0. The number of carbonyl (C=O) groups excluding carboxylic acids is 2. The average molecular weight is 567 g/mol. The number of amides is 2. The molecule has 0 bridgehead atoms. The third-order valence-corrected chi connectivity index (χ3v) is 6.95. The van der Waals surface area contributed by atoms with Gasteiger partial charge in [-0.05, 0) is 47.5 Å². The summed E-state index contributed by atoms with van der Waals surface area (Å²) in [5.74, 6) is -0.00584. The van der Waals surface area contributed by atoms with Gasteiger partial charge in [0.25, 0.3) is 11.8 Å². The van der Waals surface area contributed by atoms with Crippen molar-refractivity contribution >= 4 is 46.7 Å². The van der Waals surface area contributed by atoms with Gasteiger partial charge in [-0.25, -0.2) is 9.97 Å². The Kier molecular flexibility index (Phi) is 8.50. The number of carbonyl (C=O) groups is 2. The predicted octanol–water partition coefficient (Wildman–Crippen LogP) is 7.48. The second-order valence-corrected chi connectivity index (χ2v) is 9.76. The van der Waals surface area contributed by atoms with E-state index >= 15 is 0 Å². The Hall–Kier alpha value is -4.52. The van der Waals surface area contributed by atoms with E-state index in [1.807, 2.05) is 60.7 Å². The molecule has 2 aromatic heterocycles. The Morgan fingerprint density at radius 2 is 0.925 bits per heavy atom. The molecule has 6 nitrogen and oxygen atoms in total. The molecule has 0 aliphatic heterocycles. The fraction of sp³-hybridized carbons (Fsp3) is 0.0625. The normalized spacial score (nSPS) is 10.7. The van der Waals surface area contributed by atoms with Crippen molar-refractivity contribution in [2.24, 2.45) is 0 Å².